The average Bonchev–Trinajstić information content (AvgIpc) is 2.94. The Bertz CT molecular complexity index is 621. The maximum absolute atomic E-state index is 12.3. The molecule has 0 bridgehead atoms. The molecule has 1 aromatic carbocycles. The number of benzene rings is 1. The number of anilines is 1. The monoisotopic (exact) mass is 350 g/mol. The molecule has 138 valence electrons. The molecule has 0 spiro atoms. The molecule has 1 atom stereocenters. The molecule has 1 saturated heterocycles. The van der Waals surface area contributed by atoms with Gasteiger partial charge in [-0.3, -0.25) is 4.79 Å². The van der Waals surface area contributed by atoms with Gasteiger partial charge in [0.2, 0.25) is 5.91 Å². The molecule has 0 radical (unpaired) electrons. The van der Waals surface area contributed by atoms with Gasteiger partial charge in [0.05, 0.1) is 20.3 Å². The van der Waals surface area contributed by atoms with Crippen LogP contribution in [0.15, 0.2) is 18.2 Å². The Morgan fingerprint density at radius 1 is 1.28 bits per heavy atom. The summed E-state index contributed by atoms with van der Waals surface area (Å²) in [4.78, 5) is 27.8. The highest BCUT2D eigenvalue weighted by Crippen LogP contribution is 2.33. The molecular formula is C17H26N4O4. The first-order chi connectivity index (χ1) is 11.9. The van der Waals surface area contributed by atoms with Gasteiger partial charge in [0, 0.05) is 37.8 Å². The number of methoxy groups -OCH3 is 2. The van der Waals surface area contributed by atoms with Crippen LogP contribution >= 0.6 is 0 Å². The standard InChI is InChI=1S/C17H26N4O4/c1-20(2)8-7-18-17(23)19-12-9-16(22)21(11-12)13-5-6-14(24-3)15(10-13)25-4/h5-6,10,12H,7-9,11H2,1-4H3,(H2,18,19,23)/t12-/m1/s1. The fourth-order valence-corrected chi connectivity index (χ4v) is 2.68. The van der Waals surface area contributed by atoms with Crippen LogP contribution in [0.2, 0.25) is 0 Å². The number of nitrogens with zero attached hydrogens (tertiary/aromatic N) is 2. The average molecular weight is 350 g/mol. The third kappa shape index (κ3) is 4.99. The summed E-state index contributed by atoms with van der Waals surface area (Å²) in [6, 6.07) is 4.85. The highest BCUT2D eigenvalue weighted by molar-refractivity contribution is 5.97. The van der Waals surface area contributed by atoms with E-state index in [1.165, 1.54) is 0 Å². The molecule has 1 aliphatic rings. The second-order valence-electron chi connectivity index (χ2n) is 6.15. The van der Waals surface area contributed by atoms with Crippen molar-refractivity contribution < 1.29 is 19.1 Å². The van der Waals surface area contributed by atoms with Gasteiger partial charge in [-0.25, -0.2) is 4.79 Å². The molecule has 2 N–H and O–H groups in total. The fraction of sp³-hybridized carbons (Fsp3) is 0.529. The van der Waals surface area contributed by atoms with Gasteiger partial charge in [0.1, 0.15) is 0 Å². The van der Waals surface area contributed by atoms with E-state index >= 15 is 0 Å². The van der Waals surface area contributed by atoms with E-state index in [1.54, 1.807) is 37.3 Å². The second-order valence-corrected chi connectivity index (χ2v) is 6.15. The minimum absolute atomic E-state index is 0.0363. The number of amides is 3. The minimum Gasteiger partial charge on any atom is -0.493 e. The third-order valence-corrected chi connectivity index (χ3v) is 3.98. The lowest BCUT2D eigenvalue weighted by Crippen LogP contribution is -2.45. The van der Waals surface area contributed by atoms with E-state index in [-0.39, 0.29) is 24.4 Å². The van der Waals surface area contributed by atoms with Crippen LogP contribution in [0.4, 0.5) is 10.5 Å². The third-order valence-electron chi connectivity index (χ3n) is 3.98. The molecule has 2 rings (SSSR count). The predicted molar refractivity (Wildman–Crippen MR) is 95.4 cm³/mol. The van der Waals surface area contributed by atoms with E-state index in [1.807, 2.05) is 19.0 Å². The number of rotatable bonds is 7. The lowest BCUT2D eigenvalue weighted by molar-refractivity contribution is -0.117. The number of hydrogen-bond donors (Lipinski definition) is 2. The van der Waals surface area contributed by atoms with Crippen LogP contribution in [-0.2, 0) is 4.79 Å². The number of likely N-dealkylation sites (N-methyl/N-ethyl adjacent to an activating group) is 1. The van der Waals surface area contributed by atoms with Crippen molar-refractivity contribution >= 4 is 17.6 Å². The first kappa shape index (κ1) is 18.9. The SMILES string of the molecule is COc1ccc(N2C[C@H](NC(=O)NCCN(C)C)CC2=O)cc1OC. The number of urea groups is 1. The van der Waals surface area contributed by atoms with Crippen molar-refractivity contribution in [2.45, 2.75) is 12.5 Å². The van der Waals surface area contributed by atoms with E-state index in [0.29, 0.717) is 24.6 Å². The smallest absolute Gasteiger partial charge is 0.315 e. The van der Waals surface area contributed by atoms with Crippen molar-refractivity contribution in [2.24, 2.45) is 0 Å². The molecule has 8 heteroatoms. The van der Waals surface area contributed by atoms with Crippen LogP contribution < -0.4 is 25.0 Å². The first-order valence-corrected chi connectivity index (χ1v) is 8.16. The van der Waals surface area contributed by atoms with Crippen LogP contribution in [0, 0.1) is 0 Å². The summed E-state index contributed by atoms with van der Waals surface area (Å²) in [5.74, 6) is 1.13. The topological polar surface area (TPSA) is 83.1 Å². The number of hydrogen-bond acceptors (Lipinski definition) is 5. The lowest BCUT2D eigenvalue weighted by Gasteiger charge is -2.19. The highest BCUT2D eigenvalue weighted by Gasteiger charge is 2.32. The zero-order valence-electron chi connectivity index (χ0n) is 15.2. The molecule has 25 heavy (non-hydrogen) atoms. The van der Waals surface area contributed by atoms with E-state index in [2.05, 4.69) is 10.6 Å². The van der Waals surface area contributed by atoms with Crippen LogP contribution in [0.3, 0.4) is 0 Å². The largest absolute Gasteiger partial charge is 0.493 e. The number of ether oxygens (including phenoxy) is 2. The molecule has 0 saturated carbocycles. The molecule has 1 heterocycles. The van der Waals surface area contributed by atoms with E-state index in [0.717, 1.165) is 12.2 Å². The van der Waals surface area contributed by atoms with Gasteiger partial charge in [-0.2, -0.15) is 0 Å². The van der Waals surface area contributed by atoms with Gasteiger partial charge in [-0.15, -0.1) is 0 Å². The summed E-state index contributed by atoms with van der Waals surface area (Å²) in [5.41, 5.74) is 0.722. The zero-order chi connectivity index (χ0) is 18.4. The fourth-order valence-electron chi connectivity index (χ4n) is 2.68. The normalized spacial score (nSPS) is 16.9. The molecule has 3 amide bonds. The second kappa shape index (κ2) is 8.57. The van der Waals surface area contributed by atoms with Gasteiger partial charge in [0.15, 0.2) is 11.5 Å². The van der Waals surface area contributed by atoms with Crippen molar-refractivity contribution in [3.05, 3.63) is 18.2 Å². The van der Waals surface area contributed by atoms with Gasteiger partial charge in [-0.1, -0.05) is 0 Å². The number of nitrogens with one attached hydrogen (secondary N) is 2. The number of carbonyl (C=O) groups excluding carboxylic acids is 2. The summed E-state index contributed by atoms with van der Waals surface area (Å²) in [6.07, 6.45) is 0.273. The summed E-state index contributed by atoms with van der Waals surface area (Å²) in [6.45, 7) is 1.74. The molecule has 0 aromatic heterocycles. The minimum atomic E-state index is -0.256. The van der Waals surface area contributed by atoms with E-state index in [9.17, 15) is 9.59 Å². The number of carbonyl (C=O) groups is 2. The molecule has 1 aromatic rings. The van der Waals surface area contributed by atoms with Crippen molar-refractivity contribution in [2.75, 3.05) is 52.8 Å². The Labute approximate surface area is 148 Å². The summed E-state index contributed by atoms with van der Waals surface area (Å²) < 4.78 is 10.5. The van der Waals surface area contributed by atoms with Crippen molar-refractivity contribution in [1.29, 1.82) is 0 Å². The molecule has 1 aliphatic heterocycles. The lowest BCUT2D eigenvalue weighted by atomic mass is 10.2. The predicted octanol–water partition coefficient (Wildman–Crippen LogP) is 0.670. The summed E-state index contributed by atoms with van der Waals surface area (Å²) in [7, 11) is 7.00. The van der Waals surface area contributed by atoms with Crippen molar-refractivity contribution in [3.8, 4) is 11.5 Å². The zero-order valence-corrected chi connectivity index (χ0v) is 15.2. The van der Waals surface area contributed by atoms with Crippen LogP contribution in [0.5, 0.6) is 11.5 Å². The molecular weight excluding hydrogens is 324 g/mol. The van der Waals surface area contributed by atoms with Gasteiger partial charge < -0.3 is 29.9 Å². The molecule has 8 nitrogen and oxygen atoms in total. The van der Waals surface area contributed by atoms with Crippen molar-refractivity contribution in [1.82, 2.24) is 15.5 Å². The summed E-state index contributed by atoms with van der Waals surface area (Å²) in [5, 5.41) is 5.63. The molecule has 0 unspecified atom stereocenters. The van der Waals surface area contributed by atoms with Crippen LogP contribution in [0.1, 0.15) is 6.42 Å². The Balaban J connectivity index is 1.95. The van der Waals surface area contributed by atoms with Gasteiger partial charge in [-0.05, 0) is 26.2 Å². The first-order valence-electron chi connectivity index (χ1n) is 8.16. The van der Waals surface area contributed by atoms with Crippen molar-refractivity contribution in [3.63, 3.8) is 0 Å². The highest BCUT2D eigenvalue weighted by atomic mass is 16.5. The molecule has 0 aliphatic carbocycles. The molecule has 1 fully saturated rings. The Kier molecular flexibility index (Phi) is 6.46. The Hall–Kier alpha value is -2.48. The van der Waals surface area contributed by atoms with Crippen LogP contribution in [0.25, 0.3) is 0 Å². The maximum Gasteiger partial charge on any atom is 0.315 e. The summed E-state index contributed by atoms with van der Waals surface area (Å²) >= 11 is 0. The van der Waals surface area contributed by atoms with Crippen LogP contribution in [-0.4, -0.2) is 70.8 Å². The van der Waals surface area contributed by atoms with Gasteiger partial charge >= 0.3 is 6.03 Å². The quantitative estimate of drug-likeness (QED) is 0.755. The van der Waals surface area contributed by atoms with Gasteiger partial charge in [0.25, 0.3) is 0 Å². The Morgan fingerprint density at radius 2 is 2.00 bits per heavy atom. The Morgan fingerprint density at radius 3 is 2.64 bits per heavy atom. The van der Waals surface area contributed by atoms with E-state index in [4.69, 9.17) is 9.47 Å². The maximum atomic E-state index is 12.3. The van der Waals surface area contributed by atoms with E-state index < -0.39 is 0 Å².